The van der Waals surface area contributed by atoms with Gasteiger partial charge in [0.1, 0.15) is 0 Å². The van der Waals surface area contributed by atoms with E-state index in [1.54, 1.807) is 0 Å². The molecule has 0 bridgehead atoms. The Balaban J connectivity index is 3.13. The lowest BCUT2D eigenvalue weighted by atomic mass is 9.98. The van der Waals surface area contributed by atoms with Crippen LogP contribution in [-0.4, -0.2) is 11.7 Å². The van der Waals surface area contributed by atoms with E-state index >= 15 is 0 Å². The van der Waals surface area contributed by atoms with Crippen molar-refractivity contribution >= 4 is 15.9 Å². The molecule has 0 amide bonds. The van der Waals surface area contributed by atoms with E-state index in [2.05, 4.69) is 41.9 Å². The zero-order chi connectivity index (χ0) is 10.0. The van der Waals surface area contributed by atoms with Crippen molar-refractivity contribution in [1.29, 1.82) is 0 Å². The number of rotatable bonds is 2. The molecule has 1 atom stereocenters. The SMILES string of the molecule is Cc1cc(C(C)CO)cc(Br)c1C. The first kappa shape index (κ1) is 10.7. The molecule has 0 aliphatic rings. The first-order chi connectivity index (χ1) is 6.06. The van der Waals surface area contributed by atoms with Crippen LogP contribution in [0.25, 0.3) is 0 Å². The van der Waals surface area contributed by atoms with Crippen LogP contribution in [0.2, 0.25) is 0 Å². The number of halogens is 1. The molecule has 1 aromatic rings. The van der Waals surface area contributed by atoms with Gasteiger partial charge in [0, 0.05) is 17.0 Å². The fourth-order valence-electron chi connectivity index (χ4n) is 1.23. The lowest BCUT2D eigenvalue weighted by Crippen LogP contribution is -2.00. The summed E-state index contributed by atoms with van der Waals surface area (Å²) in [5, 5.41) is 9.02. The molecule has 72 valence electrons. The first-order valence-electron chi connectivity index (χ1n) is 4.43. The van der Waals surface area contributed by atoms with Crippen LogP contribution < -0.4 is 0 Å². The number of aliphatic hydroxyl groups is 1. The minimum Gasteiger partial charge on any atom is -0.396 e. The Bertz CT molecular complexity index is 284. The van der Waals surface area contributed by atoms with Crippen molar-refractivity contribution in [1.82, 2.24) is 0 Å². The Kier molecular flexibility index (Phi) is 3.51. The molecule has 0 aliphatic heterocycles. The Labute approximate surface area is 87.9 Å². The Hall–Kier alpha value is -0.340. The molecule has 0 heterocycles. The fraction of sp³-hybridized carbons (Fsp3) is 0.455. The van der Waals surface area contributed by atoms with E-state index in [-0.39, 0.29) is 12.5 Å². The van der Waals surface area contributed by atoms with Crippen molar-refractivity contribution in [3.63, 3.8) is 0 Å². The van der Waals surface area contributed by atoms with E-state index in [4.69, 9.17) is 5.11 Å². The highest BCUT2D eigenvalue weighted by Crippen LogP contribution is 2.25. The largest absolute Gasteiger partial charge is 0.396 e. The highest BCUT2D eigenvalue weighted by Gasteiger charge is 2.07. The maximum atomic E-state index is 9.02. The van der Waals surface area contributed by atoms with Gasteiger partial charge in [-0.2, -0.15) is 0 Å². The molecule has 1 nitrogen and oxygen atoms in total. The molecule has 0 aliphatic carbocycles. The van der Waals surface area contributed by atoms with Gasteiger partial charge in [-0.1, -0.05) is 28.9 Å². The third kappa shape index (κ3) is 2.32. The summed E-state index contributed by atoms with van der Waals surface area (Å²) in [6.45, 7) is 6.41. The van der Waals surface area contributed by atoms with Crippen LogP contribution >= 0.6 is 15.9 Å². The average Bonchev–Trinajstić information content (AvgIpc) is 2.12. The number of hydrogen-bond donors (Lipinski definition) is 1. The van der Waals surface area contributed by atoms with Gasteiger partial charge in [-0.25, -0.2) is 0 Å². The molecule has 1 N–H and O–H groups in total. The molecule has 1 aromatic carbocycles. The predicted octanol–water partition coefficient (Wildman–Crippen LogP) is 3.16. The maximum Gasteiger partial charge on any atom is 0.0497 e. The van der Waals surface area contributed by atoms with E-state index in [0.29, 0.717) is 0 Å². The van der Waals surface area contributed by atoms with Gasteiger partial charge in [0.2, 0.25) is 0 Å². The molecule has 0 radical (unpaired) electrons. The van der Waals surface area contributed by atoms with Crippen molar-refractivity contribution in [3.8, 4) is 0 Å². The van der Waals surface area contributed by atoms with Crippen LogP contribution in [0.3, 0.4) is 0 Å². The standard InChI is InChI=1S/C11H15BrO/c1-7-4-10(8(2)6-13)5-11(12)9(7)3/h4-5,8,13H,6H2,1-3H3. The van der Waals surface area contributed by atoms with E-state index in [1.807, 2.05) is 6.92 Å². The lowest BCUT2D eigenvalue weighted by molar-refractivity contribution is 0.273. The van der Waals surface area contributed by atoms with Crippen LogP contribution in [0, 0.1) is 13.8 Å². The van der Waals surface area contributed by atoms with Gasteiger partial charge in [-0.05, 0) is 36.6 Å². The lowest BCUT2D eigenvalue weighted by Gasteiger charge is -2.12. The summed E-state index contributed by atoms with van der Waals surface area (Å²) in [5.74, 6) is 0.218. The normalized spacial score (nSPS) is 13.0. The van der Waals surface area contributed by atoms with Gasteiger partial charge in [0.05, 0.1) is 0 Å². The minimum absolute atomic E-state index is 0.203. The van der Waals surface area contributed by atoms with Crippen molar-refractivity contribution in [2.75, 3.05) is 6.61 Å². The molecular weight excluding hydrogens is 228 g/mol. The van der Waals surface area contributed by atoms with Crippen LogP contribution in [0.15, 0.2) is 16.6 Å². The fourth-order valence-corrected chi connectivity index (χ4v) is 1.81. The maximum absolute atomic E-state index is 9.02. The van der Waals surface area contributed by atoms with Crippen LogP contribution in [-0.2, 0) is 0 Å². The Morgan fingerprint density at radius 1 is 1.38 bits per heavy atom. The molecular formula is C11H15BrO. The van der Waals surface area contributed by atoms with Gasteiger partial charge >= 0.3 is 0 Å². The van der Waals surface area contributed by atoms with E-state index < -0.39 is 0 Å². The van der Waals surface area contributed by atoms with Crippen molar-refractivity contribution in [2.45, 2.75) is 26.7 Å². The second-order valence-electron chi connectivity index (χ2n) is 3.53. The zero-order valence-corrected chi connectivity index (χ0v) is 9.85. The minimum atomic E-state index is 0.203. The van der Waals surface area contributed by atoms with Gasteiger partial charge < -0.3 is 5.11 Å². The number of hydrogen-bond acceptors (Lipinski definition) is 1. The van der Waals surface area contributed by atoms with Crippen LogP contribution in [0.5, 0.6) is 0 Å². The third-order valence-corrected chi connectivity index (χ3v) is 3.29. The van der Waals surface area contributed by atoms with Gasteiger partial charge in [0.15, 0.2) is 0 Å². The predicted molar refractivity (Wildman–Crippen MR) is 59.1 cm³/mol. The summed E-state index contributed by atoms with van der Waals surface area (Å²) in [5.41, 5.74) is 3.73. The second kappa shape index (κ2) is 4.25. The van der Waals surface area contributed by atoms with E-state index in [9.17, 15) is 0 Å². The van der Waals surface area contributed by atoms with Gasteiger partial charge in [-0.3, -0.25) is 0 Å². The number of aliphatic hydroxyl groups excluding tert-OH is 1. The molecule has 1 rings (SSSR count). The molecule has 0 saturated carbocycles. The Morgan fingerprint density at radius 3 is 2.46 bits per heavy atom. The highest BCUT2D eigenvalue weighted by molar-refractivity contribution is 9.10. The van der Waals surface area contributed by atoms with Crippen LogP contribution in [0.4, 0.5) is 0 Å². The van der Waals surface area contributed by atoms with E-state index in [0.717, 1.165) is 4.47 Å². The Morgan fingerprint density at radius 2 is 2.00 bits per heavy atom. The number of aryl methyl sites for hydroxylation is 1. The van der Waals surface area contributed by atoms with Crippen molar-refractivity contribution < 1.29 is 5.11 Å². The summed E-state index contributed by atoms with van der Waals surface area (Å²) in [7, 11) is 0. The molecule has 0 aromatic heterocycles. The summed E-state index contributed by atoms with van der Waals surface area (Å²) >= 11 is 3.51. The molecule has 1 unspecified atom stereocenters. The average molecular weight is 243 g/mol. The quantitative estimate of drug-likeness (QED) is 0.845. The summed E-state index contributed by atoms with van der Waals surface area (Å²) < 4.78 is 1.13. The van der Waals surface area contributed by atoms with Crippen LogP contribution in [0.1, 0.15) is 29.5 Å². The zero-order valence-electron chi connectivity index (χ0n) is 8.26. The second-order valence-corrected chi connectivity index (χ2v) is 4.38. The third-order valence-electron chi connectivity index (χ3n) is 2.47. The first-order valence-corrected chi connectivity index (χ1v) is 5.23. The molecule has 0 saturated heterocycles. The molecule has 0 fully saturated rings. The molecule has 0 spiro atoms. The highest BCUT2D eigenvalue weighted by atomic mass is 79.9. The number of benzene rings is 1. The van der Waals surface area contributed by atoms with Gasteiger partial charge in [-0.15, -0.1) is 0 Å². The van der Waals surface area contributed by atoms with Crippen molar-refractivity contribution in [2.24, 2.45) is 0 Å². The summed E-state index contributed by atoms with van der Waals surface area (Å²) in [6, 6.07) is 4.23. The molecule has 13 heavy (non-hydrogen) atoms. The topological polar surface area (TPSA) is 20.2 Å². The molecule has 2 heteroatoms. The van der Waals surface area contributed by atoms with Gasteiger partial charge in [0.25, 0.3) is 0 Å². The summed E-state index contributed by atoms with van der Waals surface area (Å²) in [4.78, 5) is 0. The van der Waals surface area contributed by atoms with E-state index in [1.165, 1.54) is 16.7 Å². The monoisotopic (exact) mass is 242 g/mol. The smallest absolute Gasteiger partial charge is 0.0497 e. The summed E-state index contributed by atoms with van der Waals surface area (Å²) in [6.07, 6.45) is 0. The van der Waals surface area contributed by atoms with Crippen molar-refractivity contribution in [3.05, 3.63) is 33.3 Å².